The first kappa shape index (κ1) is 53.3. The second-order valence-electron chi connectivity index (χ2n) is 20.8. The Morgan fingerprint density at radius 3 is 1.32 bits per heavy atom. The van der Waals surface area contributed by atoms with Gasteiger partial charge in [-0.1, -0.05) is 114 Å². The van der Waals surface area contributed by atoms with Crippen molar-refractivity contribution in [2.45, 2.75) is 185 Å². The Labute approximate surface area is 363 Å². The van der Waals surface area contributed by atoms with Crippen molar-refractivity contribution >= 4 is 11.3 Å². The lowest BCUT2D eigenvalue weighted by Crippen LogP contribution is -2.22. The first-order valence-electron chi connectivity index (χ1n) is 20.2. The topological polar surface area (TPSA) is 183 Å². The number of hydrogen-bond donors (Lipinski definition) is 0. The molecule has 0 saturated heterocycles. The minimum atomic E-state index is -0.0265. The number of hydrogen-bond acceptors (Lipinski definition) is 14. The Hall–Kier alpha value is -4.67. The second-order valence-corrected chi connectivity index (χ2v) is 21.5. The number of aromatic nitrogens is 14. The molecule has 60 heavy (non-hydrogen) atoms. The number of oxazole rings is 1. The molecule has 336 valence electrons. The van der Waals surface area contributed by atoms with Gasteiger partial charge in [0.2, 0.25) is 11.8 Å². The number of tetrazole rings is 1. The van der Waals surface area contributed by atoms with Crippen molar-refractivity contribution in [3.63, 3.8) is 0 Å². The minimum absolute atomic E-state index is 0.00819. The molecule has 0 aliphatic carbocycles. The van der Waals surface area contributed by atoms with Gasteiger partial charge in [-0.05, 0) is 46.8 Å². The Kier molecular flexibility index (Phi) is 18.9. The molecule has 0 spiro atoms. The summed E-state index contributed by atoms with van der Waals surface area (Å²) in [5.74, 6) is 3.87. The van der Waals surface area contributed by atoms with Crippen molar-refractivity contribution in [1.29, 1.82) is 0 Å². The molecule has 0 bridgehead atoms. The lowest BCUT2D eigenvalue weighted by Gasteiger charge is -2.17. The molecule has 17 heteroatoms. The van der Waals surface area contributed by atoms with Gasteiger partial charge in [0.05, 0.1) is 40.9 Å². The van der Waals surface area contributed by atoms with Crippen molar-refractivity contribution < 1.29 is 8.83 Å². The quantitative estimate of drug-likeness (QED) is 0.141. The van der Waals surface area contributed by atoms with Gasteiger partial charge in [-0.25, -0.2) is 14.6 Å². The number of nitrogens with zero attached hydrogens (tertiary/aromatic N) is 14. The van der Waals surface area contributed by atoms with Crippen LogP contribution >= 0.6 is 11.3 Å². The van der Waals surface area contributed by atoms with Crippen molar-refractivity contribution in [1.82, 2.24) is 70.4 Å². The van der Waals surface area contributed by atoms with E-state index < -0.39 is 0 Å². The number of thiazole rings is 1. The second kappa shape index (κ2) is 21.2. The molecule has 6 aromatic rings. The zero-order chi connectivity index (χ0) is 46.7. The fraction of sp³-hybridized carbons (Fsp3) is 0.698. The van der Waals surface area contributed by atoms with Crippen LogP contribution in [0.25, 0.3) is 0 Å². The number of rotatable bonds is 0. The van der Waals surface area contributed by atoms with Gasteiger partial charge in [0, 0.05) is 58.8 Å². The maximum Gasteiger partial charge on any atom is 0.221 e. The van der Waals surface area contributed by atoms with Crippen LogP contribution in [0.4, 0.5) is 0 Å². The van der Waals surface area contributed by atoms with E-state index in [0.717, 1.165) is 34.6 Å². The van der Waals surface area contributed by atoms with Gasteiger partial charge in [0.25, 0.3) is 0 Å². The summed E-state index contributed by atoms with van der Waals surface area (Å²) in [7, 11) is 3.64. The molecule has 0 fully saturated rings. The molecular weight excluding hydrogens is 777 g/mol. The highest BCUT2D eigenvalue weighted by Crippen LogP contribution is 2.24. The van der Waals surface area contributed by atoms with Crippen LogP contribution in [0.15, 0.2) is 32.1 Å². The molecule has 0 aromatic carbocycles. The smallest absolute Gasteiger partial charge is 0.221 e. The predicted octanol–water partition coefficient (Wildman–Crippen LogP) is 9.67. The summed E-state index contributed by atoms with van der Waals surface area (Å²) >= 11 is 1.66. The van der Waals surface area contributed by atoms with Crippen molar-refractivity contribution in [2.75, 3.05) is 0 Å². The van der Waals surface area contributed by atoms with Crippen LogP contribution in [0.5, 0.6) is 0 Å². The van der Waals surface area contributed by atoms with E-state index in [-0.39, 0.29) is 32.6 Å². The zero-order valence-electron chi connectivity index (χ0n) is 41.3. The molecule has 16 nitrogen and oxygen atoms in total. The van der Waals surface area contributed by atoms with E-state index in [1.165, 1.54) is 10.5 Å². The highest BCUT2D eigenvalue weighted by atomic mass is 32.1. The predicted molar refractivity (Wildman–Crippen MR) is 240 cm³/mol. The Morgan fingerprint density at radius 1 is 0.550 bits per heavy atom. The molecule has 0 amide bonds. The largest absolute Gasteiger partial charge is 0.445 e. The van der Waals surface area contributed by atoms with Crippen LogP contribution in [-0.4, -0.2) is 70.4 Å². The van der Waals surface area contributed by atoms with E-state index in [1.54, 1.807) is 30.0 Å². The minimum Gasteiger partial charge on any atom is -0.445 e. The zero-order valence-corrected chi connectivity index (χ0v) is 42.1. The van der Waals surface area contributed by atoms with Crippen molar-refractivity contribution in [2.24, 2.45) is 14.1 Å². The molecule has 0 aliphatic heterocycles. The van der Waals surface area contributed by atoms with Gasteiger partial charge in [-0.3, -0.25) is 4.68 Å². The van der Waals surface area contributed by atoms with Gasteiger partial charge in [-0.2, -0.15) is 4.80 Å². The summed E-state index contributed by atoms with van der Waals surface area (Å²) in [6.07, 6.45) is 3.89. The first-order valence-corrected chi connectivity index (χ1v) is 21.1. The number of aryl methyl sites for hydroxylation is 6. The third-order valence-corrected chi connectivity index (χ3v) is 8.47. The van der Waals surface area contributed by atoms with E-state index in [4.69, 9.17) is 8.83 Å². The molecule has 6 heterocycles. The van der Waals surface area contributed by atoms with Crippen LogP contribution < -0.4 is 0 Å². The van der Waals surface area contributed by atoms with E-state index in [0.29, 0.717) is 11.8 Å². The molecule has 6 aromatic heterocycles. The van der Waals surface area contributed by atoms with Crippen LogP contribution in [0.2, 0.25) is 0 Å². The van der Waals surface area contributed by atoms with E-state index in [2.05, 4.69) is 165 Å². The van der Waals surface area contributed by atoms with E-state index in [9.17, 15) is 0 Å². The third kappa shape index (κ3) is 19.6. The van der Waals surface area contributed by atoms with Crippen LogP contribution in [-0.2, 0) is 46.7 Å². The fourth-order valence-electron chi connectivity index (χ4n) is 3.93. The molecule has 0 saturated carbocycles. The molecule has 0 N–H and O–H groups in total. The molecule has 0 radical (unpaired) electrons. The fourth-order valence-corrected chi connectivity index (χ4v) is 4.71. The van der Waals surface area contributed by atoms with Crippen LogP contribution in [0.1, 0.15) is 177 Å². The van der Waals surface area contributed by atoms with E-state index in [1.807, 2.05) is 71.2 Å². The van der Waals surface area contributed by atoms with Gasteiger partial charge in [0.15, 0.2) is 11.7 Å². The summed E-state index contributed by atoms with van der Waals surface area (Å²) in [5, 5.41) is 37.1. The van der Waals surface area contributed by atoms with E-state index >= 15 is 0 Å². The average Bonchev–Trinajstić information content (AvgIpc) is 3.90. The lowest BCUT2D eigenvalue weighted by atomic mass is 9.93. The molecule has 6 rings (SSSR count). The molecular formula is C43H76N14O2S. The standard InChI is InChI=1S/C9H15NO.2C7H13N3.C7H12N2O.C7H11NS.C6H12N4/c1-6-7(2)11-8(10-6)9(3,4)5;1-7(2,3)6-5-10(4)9-8-6;1-6-5-10(9-8-6)7(2,3)4;1-5-8-9-6(10-5)7(2,3)4;1-7(2,3)6-4-9-5-8-6;1-6(2,3)5-7-9-10(4)8-5/h1-5H3;2*5H,1-4H3;1-4H3;4-5H,1-3H3;1-4H3. The molecule has 0 aliphatic rings. The first-order chi connectivity index (χ1) is 27.0. The maximum absolute atomic E-state index is 5.47. The van der Waals surface area contributed by atoms with Crippen molar-refractivity contribution in [3.8, 4) is 0 Å². The summed E-state index contributed by atoms with van der Waals surface area (Å²) in [6.45, 7) is 45.4. The van der Waals surface area contributed by atoms with Gasteiger partial charge in [0.1, 0.15) is 5.76 Å². The summed E-state index contributed by atoms with van der Waals surface area (Å²) in [5.41, 5.74) is 6.47. The highest BCUT2D eigenvalue weighted by Gasteiger charge is 2.22. The SMILES string of the molecule is CC(C)(C)c1cscn1.Cc1cn(C(C)(C)C)nn1.Cc1nc(C(C)(C)C)oc1C.Cc1nnc(C(C)(C)C)o1.Cn1cc(C(C)(C)C)nn1.Cn1nnc(C(C)(C)C)n1. The van der Waals surface area contributed by atoms with Crippen LogP contribution in [0.3, 0.4) is 0 Å². The maximum atomic E-state index is 5.47. The van der Waals surface area contributed by atoms with Gasteiger partial charge in [-0.15, -0.1) is 41.9 Å². The normalized spacial score (nSPS) is 12.0. The summed E-state index contributed by atoms with van der Waals surface area (Å²) in [4.78, 5) is 9.99. The highest BCUT2D eigenvalue weighted by molar-refractivity contribution is 7.07. The van der Waals surface area contributed by atoms with Crippen LogP contribution in [0, 0.1) is 27.7 Å². The Bertz CT molecular complexity index is 1870. The Morgan fingerprint density at radius 2 is 1.12 bits per heavy atom. The third-order valence-electron chi connectivity index (χ3n) is 7.88. The average molecular weight is 853 g/mol. The Balaban J connectivity index is 0.000000360. The monoisotopic (exact) mass is 853 g/mol. The molecule has 0 atom stereocenters. The lowest BCUT2D eigenvalue weighted by molar-refractivity contribution is 0.347. The summed E-state index contributed by atoms with van der Waals surface area (Å²) < 4.78 is 14.3. The van der Waals surface area contributed by atoms with Crippen molar-refractivity contribution in [3.05, 3.63) is 75.3 Å². The summed E-state index contributed by atoms with van der Waals surface area (Å²) in [6, 6.07) is 0. The van der Waals surface area contributed by atoms with Gasteiger partial charge >= 0.3 is 0 Å². The molecule has 0 unspecified atom stereocenters. The van der Waals surface area contributed by atoms with Gasteiger partial charge < -0.3 is 8.83 Å².